The van der Waals surface area contributed by atoms with Crippen LogP contribution in [0.4, 0.5) is 5.69 Å². The van der Waals surface area contributed by atoms with Crippen molar-refractivity contribution in [1.82, 2.24) is 10.2 Å². The molecular formula is C28H29Cl2N3O3. The number of amides is 3. The normalized spacial score (nSPS) is 13.2. The number of hydrogen-bond acceptors (Lipinski definition) is 3. The van der Waals surface area contributed by atoms with E-state index < -0.39 is 6.04 Å². The lowest BCUT2D eigenvalue weighted by Crippen LogP contribution is -2.52. The maximum atomic E-state index is 13.8. The van der Waals surface area contributed by atoms with Crippen LogP contribution in [0.2, 0.25) is 10.0 Å². The minimum atomic E-state index is -0.695. The van der Waals surface area contributed by atoms with Crippen molar-refractivity contribution in [3.05, 3.63) is 75.8 Å². The Hall–Kier alpha value is -3.09. The molecule has 0 radical (unpaired) electrons. The van der Waals surface area contributed by atoms with E-state index in [9.17, 15) is 14.4 Å². The molecule has 0 fully saturated rings. The Morgan fingerprint density at radius 1 is 1.03 bits per heavy atom. The van der Waals surface area contributed by atoms with Gasteiger partial charge in [0.2, 0.25) is 11.8 Å². The summed E-state index contributed by atoms with van der Waals surface area (Å²) in [5.41, 5.74) is 2.03. The van der Waals surface area contributed by atoms with Gasteiger partial charge in [-0.1, -0.05) is 73.8 Å². The van der Waals surface area contributed by atoms with Gasteiger partial charge in [0.15, 0.2) is 0 Å². The van der Waals surface area contributed by atoms with E-state index in [4.69, 9.17) is 23.2 Å². The topological polar surface area (TPSA) is 69.7 Å². The Bertz CT molecular complexity index is 1310. The Morgan fingerprint density at radius 3 is 2.47 bits per heavy atom. The number of anilines is 1. The van der Waals surface area contributed by atoms with E-state index in [-0.39, 0.29) is 30.8 Å². The van der Waals surface area contributed by atoms with Gasteiger partial charge in [0, 0.05) is 24.0 Å². The number of unbranched alkanes of at least 4 members (excludes halogenated alkanes) is 1. The van der Waals surface area contributed by atoms with Crippen LogP contribution in [-0.4, -0.2) is 41.8 Å². The van der Waals surface area contributed by atoms with E-state index in [1.807, 2.05) is 37.3 Å². The fourth-order valence-electron chi connectivity index (χ4n) is 4.62. The van der Waals surface area contributed by atoms with Gasteiger partial charge in [0.1, 0.15) is 12.6 Å². The zero-order valence-electron chi connectivity index (χ0n) is 20.4. The second-order valence-electron chi connectivity index (χ2n) is 8.91. The van der Waals surface area contributed by atoms with Crippen molar-refractivity contribution >= 4 is 57.4 Å². The largest absolute Gasteiger partial charge is 0.354 e. The number of halogens is 2. The second-order valence-corrected chi connectivity index (χ2v) is 9.73. The Labute approximate surface area is 221 Å². The summed E-state index contributed by atoms with van der Waals surface area (Å²) in [7, 11) is 0. The van der Waals surface area contributed by atoms with Gasteiger partial charge in [0.25, 0.3) is 5.91 Å². The molecular weight excluding hydrogens is 497 g/mol. The van der Waals surface area contributed by atoms with Crippen LogP contribution in [-0.2, 0) is 16.1 Å². The SMILES string of the molecule is CCCCNC(=O)[C@H](CC)N(Cc1ccc(Cl)c(Cl)c1)C(=O)CN1C(=O)c2cccc3cccc1c23. The minimum Gasteiger partial charge on any atom is -0.354 e. The monoisotopic (exact) mass is 525 g/mol. The van der Waals surface area contributed by atoms with Crippen LogP contribution < -0.4 is 10.2 Å². The van der Waals surface area contributed by atoms with E-state index in [1.165, 1.54) is 9.80 Å². The molecule has 1 aliphatic rings. The van der Waals surface area contributed by atoms with Crippen molar-refractivity contribution < 1.29 is 14.4 Å². The number of hydrogen-bond donors (Lipinski definition) is 1. The molecule has 0 spiro atoms. The molecule has 8 heteroatoms. The van der Waals surface area contributed by atoms with Crippen molar-refractivity contribution in [2.24, 2.45) is 0 Å². The fraction of sp³-hybridized carbons (Fsp3) is 0.321. The molecule has 6 nitrogen and oxygen atoms in total. The smallest absolute Gasteiger partial charge is 0.259 e. The Balaban J connectivity index is 1.64. The van der Waals surface area contributed by atoms with Crippen LogP contribution in [0.1, 0.15) is 49.0 Å². The lowest BCUT2D eigenvalue weighted by atomic mass is 10.1. The summed E-state index contributed by atoms with van der Waals surface area (Å²) in [5, 5.41) is 5.53. The van der Waals surface area contributed by atoms with Gasteiger partial charge in [-0.2, -0.15) is 0 Å². The first-order valence-corrected chi connectivity index (χ1v) is 13.0. The molecule has 1 aliphatic heterocycles. The fourth-order valence-corrected chi connectivity index (χ4v) is 4.94. The maximum absolute atomic E-state index is 13.8. The molecule has 3 amide bonds. The van der Waals surface area contributed by atoms with Crippen molar-refractivity contribution in [3.8, 4) is 0 Å². The number of rotatable bonds is 10. The first-order valence-electron chi connectivity index (χ1n) is 12.2. The van der Waals surface area contributed by atoms with Crippen LogP contribution in [0.25, 0.3) is 10.8 Å². The van der Waals surface area contributed by atoms with Crippen LogP contribution in [0.5, 0.6) is 0 Å². The van der Waals surface area contributed by atoms with Gasteiger partial charge < -0.3 is 10.2 Å². The summed E-state index contributed by atoms with van der Waals surface area (Å²) < 4.78 is 0. The first-order chi connectivity index (χ1) is 17.3. The molecule has 0 bridgehead atoms. The molecule has 1 atom stereocenters. The van der Waals surface area contributed by atoms with Crippen LogP contribution in [0.3, 0.4) is 0 Å². The van der Waals surface area contributed by atoms with Gasteiger partial charge in [-0.05, 0) is 48.1 Å². The zero-order chi connectivity index (χ0) is 25.8. The summed E-state index contributed by atoms with van der Waals surface area (Å²) in [5.74, 6) is -0.751. The summed E-state index contributed by atoms with van der Waals surface area (Å²) in [4.78, 5) is 43.2. The average Bonchev–Trinajstić information content (AvgIpc) is 3.14. The van der Waals surface area contributed by atoms with Crippen LogP contribution in [0.15, 0.2) is 54.6 Å². The predicted molar refractivity (Wildman–Crippen MR) is 145 cm³/mol. The zero-order valence-corrected chi connectivity index (χ0v) is 21.9. The molecule has 36 heavy (non-hydrogen) atoms. The third kappa shape index (κ3) is 5.20. The first kappa shape index (κ1) is 26.0. The van der Waals surface area contributed by atoms with E-state index in [2.05, 4.69) is 12.2 Å². The van der Waals surface area contributed by atoms with Gasteiger partial charge in [-0.3, -0.25) is 19.3 Å². The number of nitrogens with zero attached hydrogens (tertiary/aromatic N) is 2. The number of nitrogens with one attached hydrogen (secondary N) is 1. The summed E-state index contributed by atoms with van der Waals surface area (Å²) in [6.07, 6.45) is 2.23. The molecule has 0 saturated heterocycles. The van der Waals surface area contributed by atoms with Gasteiger partial charge >= 0.3 is 0 Å². The third-order valence-electron chi connectivity index (χ3n) is 6.49. The number of carbonyl (C=O) groups is 3. The molecule has 0 saturated carbocycles. The molecule has 3 aromatic carbocycles. The lowest BCUT2D eigenvalue weighted by Gasteiger charge is -2.32. The molecule has 1 N–H and O–H groups in total. The maximum Gasteiger partial charge on any atom is 0.259 e. The molecule has 188 valence electrons. The average molecular weight is 526 g/mol. The highest BCUT2D eigenvalue weighted by molar-refractivity contribution is 6.42. The van der Waals surface area contributed by atoms with Gasteiger partial charge in [-0.15, -0.1) is 0 Å². The Kier molecular flexibility index (Phi) is 8.17. The second kappa shape index (κ2) is 11.3. The highest BCUT2D eigenvalue weighted by atomic mass is 35.5. The van der Waals surface area contributed by atoms with Crippen molar-refractivity contribution in [1.29, 1.82) is 0 Å². The summed E-state index contributed by atoms with van der Waals surface area (Å²) in [6, 6.07) is 15.7. The molecule has 0 aliphatic carbocycles. The van der Waals surface area contributed by atoms with Crippen molar-refractivity contribution in [3.63, 3.8) is 0 Å². The highest BCUT2D eigenvalue weighted by Crippen LogP contribution is 2.37. The predicted octanol–water partition coefficient (Wildman–Crippen LogP) is 5.83. The molecule has 0 unspecified atom stereocenters. The summed E-state index contributed by atoms with van der Waals surface area (Å²) >= 11 is 12.3. The Morgan fingerprint density at radius 2 is 1.78 bits per heavy atom. The molecule has 4 rings (SSSR count). The third-order valence-corrected chi connectivity index (χ3v) is 7.23. The standard InChI is InChI=1S/C28H29Cl2N3O3/c1-3-5-14-31-27(35)23(4-2)32(16-18-12-13-21(29)22(30)15-18)25(34)17-33-24-11-7-9-19-8-6-10-20(26(19)24)28(33)36/h6-13,15,23H,3-5,14,16-17H2,1-2H3,(H,31,35)/t23-/m0/s1. The summed E-state index contributed by atoms with van der Waals surface area (Å²) in [6.45, 7) is 4.45. The molecule has 0 aromatic heterocycles. The van der Waals surface area contributed by atoms with Crippen molar-refractivity contribution in [2.75, 3.05) is 18.0 Å². The van der Waals surface area contributed by atoms with Crippen LogP contribution >= 0.6 is 23.2 Å². The number of carbonyl (C=O) groups excluding carboxylic acids is 3. The lowest BCUT2D eigenvalue weighted by molar-refractivity contribution is -0.140. The highest BCUT2D eigenvalue weighted by Gasteiger charge is 2.35. The van der Waals surface area contributed by atoms with Gasteiger partial charge in [-0.25, -0.2) is 0 Å². The quantitative estimate of drug-likeness (QED) is 0.338. The van der Waals surface area contributed by atoms with E-state index in [1.54, 1.807) is 24.3 Å². The number of benzene rings is 3. The van der Waals surface area contributed by atoms with Crippen LogP contribution in [0, 0.1) is 0 Å². The van der Waals surface area contributed by atoms with Gasteiger partial charge in [0.05, 0.1) is 15.7 Å². The molecule has 3 aromatic rings. The van der Waals surface area contributed by atoms with Crippen molar-refractivity contribution in [2.45, 2.75) is 45.7 Å². The van der Waals surface area contributed by atoms with E-state index in [0.717, 1.165) is 29.2 Å². The van der Waals surface area contributed by atoms with E-state index in [0.29, 0.717) is 34.3 Å². The van der Waals surface area contributed by atoms with E-state index >= 15 is 0 Å². The minimum absolute atomic E-state index is 0.161. The molecule has 1 heterocycles.